The molecular weight excluding hydrogens is 488 g/mol. The van der Waals surface area contributed by atoms with Crippen molar-refractivity contribution in [1.82, 2.24) is 14.6 Å². The molecule has 0 atom stereocenters. The number of benzene rings is 3. The van der Waals surface area contributed by atoms with Crippen LogP contribution in [0.2, 0.25) is 0 Å². The van der Waals surface area contributed by atoms with Gasteiger partial charge >= 0.3 is 0 Å². The van der Waals surface area contributed by atoms with Crippen LogP contribution in [0.1, 0.15) is 16.7 Å². The van der Waals surface area contributed by atoms with Crippen molar-refractivity contribution in [2.45, 2.75) is 13.5 Å². The lowest BCUT2D eigenvalue weighted by atomic mass is 10.1. The Labute approximate surface area is 216 Å². The first-order valence-corrected chi connectivity index (χ1v) is 12.4. The summed E-state index contributed by atoms with van der Waals surface area (Å²) in [5.41, 5.74) is 4.40. The first-order chi connectivity index (χ1) is 18.0. The highest BCUT2D eigenvalue weighted by Gasteiger charge is 2.34. The number of carbonyl (C=O) groups excluding carboxylic acids is 1. The minimum Gasteiger partial charge on any atom is -0.493 e. The van der Waals surface area contributed by atoms with Crippen molar-refractivity contribution in [3.63, 3.8) is 0 Å². The molecule has 9 heteroatoms. The molecule has 1 aliphatic rings. The zero-order valence-corrected chi connectivity index (χ0v) is 21.2. The zero-order valence-electron chi connectivity index (χ0n) is 20.4. The molecule has 8 nitrogen and oxygen atoms in total. The van der Waals surface area contributed by atoms with Gasteiger partial charge in [-0.2, -0.15) is 9.50 Å². The van der Waals surface area contributed by atoms with E-state index < -0.39 is 0 Å². The molecule has 5 aromatic rings. The molecule has 0 bridgehead atoms. The fraction of sp³-hybridized carbons (Fsp3) is 0.143. The molecule has 184 valence electrons. The summed E-state index contributed by atoms with van der Waals surface area (Å²) in [6.07, 6.45) is 0. The lowest BCUT2D eigenvalue weighted by Crippen LogP contribution is -2.32. The van der Waals surface area contributed by atoms with E-state index in [2.05, 4.69) is 10.1 Å². The largest absolute Gasteiger partial charge is 0.493 e. The van der Waals surface area contributed by atoms with Crippen molar-refractivity contribution < 1.29 is 14.3 Å². The molecule has 0 fully saturated rings. The molecule has 0 saturated heterocycles. The quantitative estimate of drug-likeness (QED) is 0.359. The van der Waals surface area contributed by atoms with Crippen LogP contribution in [-0.4, -0.2) is 34.7 Å². The van der Waals surface area contributed by atoms with Crippen LogP contribution in [0.4, 0.5) is 5.69 Å². The Morgan fingerprint density at radius 2 is 1.68 bits per heavy atom. The number of carbonyl (C=O) groups is 1. The van der Waals surface area contributed by atoms with E-state index >= 15 is 0 Å². The summed E-state index contributed by atoms with van der Waals surface area (Å²) in [5, 5.41) is 4.45. The van der Waals surface area contributed by atoms with Crippen molar-refractivity contribution in [3.05, 3.63) is 98.3 Å². The number of ether oxygens (including phenoxy) is 2. The number of aromatic nitrogens is 3. The predicted octanol–water partition coefficient (Wildman–Crippen LogP) is 3.61. The average Bonchev–Trinajstić information content (AvgIpc) is 3.55. The fourth-order valence-electron chi connectivity index (χ4n) is 4.52. The first-order valence-electron chi connectivity index (χ1n) is 11.6. The van der Waals surface area contributed by atoms with E-state index in [9.17, 15) is 9.59 Å². The van der Waals surface area contributed by atoms with Gasteiger partial charge in [0.25, 0.3) is 11.5 Å². The van der Waals surface area contributed by atoms with E-state index in [1.54, 1.807) is 37.3 Å². The van der Waals surface area contributed by atoms with Gasteiger partial charge in [-0.15, -0.1) is 5.10 Å². The Bertz CT molecular complexity index is 1790. The van der Waals surface area contributed by atoms with E-state index in [-0.39, 0.29) is 11.5 Å². The van der Waals surface area contributed by atoms with Crippen molar-refractivity contribution in [1.29, 1.82) is 0 Å². The van der Waals surface area contributed by atoms with Crippen LogP contribution in [-0.2, 0) is 11.3 Å². The summed E-state index contributed by atoms with van der Waals surface area (Å²) < 4.78 is 12.3. The number of methoxy groups -OCH3 is 2. The lowest BCUT2D eigenvalue weighted by molar-refractivity contribution is -0.113. The molecule has 0 aliphatic carbocycles. The van der Waals surface area contributed by atoms with Gasteiger partial charge in [-0.1, -0.05) is 59.4 Å². The summed E-state index contributed by atoms with van der Waals surface area (Å²) in [4.78, 5) is 33.9. The molecule has 0 radical (unpaired) electrons. The Balaban J connectivity index is 1.45. The molecule has 1 amide bonds. The van der Waals surface area contributed by atoms with Crippen LogP contribution in [0.25, 0.3) is 21.9 Å². The highest BCUT2D eigenvalue weighted by molar-refractivity contribution is 7.15. The van der Waals surface area contributed by atoms with Crippen LogP contribution in [0.5, 0.6) is 11.5 Å². The Morgan fingerprint density at radius 3 is 2.41 bits per heavy atom. The molecular formula is C28H22N4O4S. The summed E-state index contributed by atoms with van der Waals surface area (Å²) in [6.45, 7) is 2.44. The molecule has 1 aliphatic heterocycles. The summed E-state index contributed by atoms with van der Waals surface area (Å²) >= 11 is 1.17. The number of para-hydroxylation sites is 1. The maximum absolute atomic E-state index is 13.7. The minimum atomic E-state index is -0.366. The van der Waals surface area contributed by atoms with Gasteiger partial charge in [-0.3, -0.25) is 9.59 Å². The molecule has 37 heavy (non-hydrogen) atoms. The second-order valence-corrected chi connectivity index (χ2v) is 9.68. The van der Waals surface area contributed by atoms with E-state index in [1.807, 2.05) is 55.5 Å². The van der Waals surface area contributed by atoms with Crippen LogP contribution in [0.15, 0.2) is 71.5 Å². The Hall–Kier alpha value is -4.50. The number of aryl methyl sites for hydroxylation is 1. The third kappa shape index (κ3) is 3.75. The molecule has 0 N–H and O–H groups in total. The van der Waals surface area contributed by atoms with Gasteiger partial charge in [0.15, 0.2) is 17.3 Å². The lowest BCUT2D eigenvalue weighted by Gasteiger charge is -2.17. The number of rotatable bonds is 5. The number of anilines is 1. The van der Waals surface area contributed by atoms with E-state index in [4.69, 9.17) is 9.47 Å². The van der Waals surface area contributed by atoms with E-state index in [0.717, 1.165) is 22.4 Å². The van der Waals surface area contributed by atoms with Crippen LogP contribution >= 0.6 is 11.3 Å². The normalized spacial score (nSPS) is 14.4. The Kier molecular flexibility index (Phi) is 5.49. The van der Waals surface area contributed by atoms with Crippen LogP contribution < -0.4 is 24.5 Å². The Morgan fingerprint density at radius 1 is 0.919 bits per heavy atom. The van der Waals surface area contributed by atoms with Gasteiger partial charge < -0.3 is 14.4 Å². The number of thiazole rings is 1. The molecule has 6 rings (SSSR count). The maximum atomic E-state index is 13.7. The van der Waals surface area contributed by atoms with Gasteiger partial charge in [-0.25, -0.2) is 0 Å². The zero-order chi connectivity index (χ0) is 25.7. The topological polar surface area (TPSA) is 86.0 Å². The third-order valence-electron chi connectivity index (χ3n) is 6.41. The monoisotopic (exact) mass is 510 g/mol. The number of amides is 1. The van der Waals surface area contributed by atoms with Gasteiger partial charge in [0.1, 0.15) is 4.53 Å². The highest BCUT2D eigenvalue weighted by Crippen LogP contribution is 2.36. The molecule has 2 aromatic heterocycles. The molecule has 0 unspecified atom stereocenters. The SMILES string of the molecule is COc1ccc(-c2nc3sc(=C4C(=O)N(Cc5ccc(C)cc5)c5ccccc54)c(=O)n3n2)cc1OC. The van der Waals surface area contributed by atoms with Gasteiger partial charge in [-0.05, 0) is 36.8 Å². The highest BCUT2D eigenvalue weighted by atomic mass is 32.1. The number of nitrogens with zero attached hydrogens (tertiary/aromatic N) is 4. The smallest absolute Gasteiger partial charge is 0.291 e. The second-order valence-electron chi connectivity index (χ2n) is 8.70. The summed E-state index contributed by atoms with van der Waals surface area (Å²) in [5.74, 6) is 1.31. The minimum absolute atomic E-state index is 0.205. The molecule has 3 aromatic carbocycles. The van der Waals surface area contributed by atoms with Gasteiger partial charge in [0.05, 0.1) is 32.0 Å². The summed E-state index contributed by atoms with van der Waals surface area (Å²) in [7, 11) is 3.12. The first kappa shape index (κ1) is 22.9. The molecule has 0 saturated carbocycles. The number of hydrogen-bond donors (Lipinski definition) is 0. The predicted molar refractivity (Wildman–Crippen MR) is 142 cm³/mol. The number of hydrogen-bond acceptors (Lipinski definition) is 7. The van der Waals surface area contributed by atoms with Gasteiger partial charge in [0.2, 0.25) is 4.96 Å². The summed E-state index contributed by atoms with van der Waals surface area (Å²) in [6, 6.07) is 21.0. The van der Waals surface area contributed by atoms with Crippen molar-refractivity contribution >= 4 is 33.5 Å². The third-order valence-corrected chi connectivity index (χ3v) is 7.44. The number of fused-ring (bicyclic) bond motifs is 2. The molecule has 3 heterocycles. The van der Waals surface area contributed by atoms with Crippen LogP contribution in [0.3, 0.4) is 0 Å². The maximum Gasteiger partial charge on any atom is 0.291 e. The van der Waals surface area contributed by atoms with Crippen LogP contribution in [0, 0.1) is 6.92 Å². The fourth-order valence-corrected chi connectivity index (χ4v) is 5.51. The average molecular weight is 511 g/mol. The molecule has 0 spiro atoms. The second kappa shape index (κ2) is 8.86. The van der Waals surface area contributed by atoms with E-state index in [0.29, 0.717) is 44.5 Å². The van der Waals surface area contributed by atoms with Gasteiger partial charge in [0, 0.05) is 11.1 Å². The van der Waals surface area contributed by atoms with Crippen molar-refractivity contribution in [2.24, 2.45) is 0 Å². The van der Waals surface area contributed by atoms with Crippen molar-refractivity contribution in [2.75, 3.05) is 19.1 Å². The standard InChI is InChI=1S/C28H22N4O4S/c1-16-8-10-17(11-9-16)15-31-20-7-5-4-6-19(20)23(26(31)33)24-27(34)32-28(37-24)29-25(30-32)18-12-13-21(35-2)22(14-18)36-3/h4-14H,15H2,1-3H3. The van der Waals surface area contributed by atoms with Crippen molar-refractivity contribution in [3.8, 4) is 22.9 Å². The van der Waals surface area contributed by atoms with E-state index in [1.165, 1.54) is 15.9 Å².